The lowest BCUT2D eigenvalue weighted by atomic mass is 10.1. The normalized spacial score (nSPS) is 17.3. The monoisotopic (exact) mass is 222 g/mol. The Morgan fingerprint density at radius 3 is 2.87 bits per heavy atom. The van der Waals surface area contributed by atoms with Gasteiger partial charge in [-0.2, -0.15) is 0 Å². The van der Waals surface area contributed by atoms with Crippen LogP contribution in [0.1, 0.15) is 19.3 Å². The van der Waals surface area contributed by atoms with Crippen molar-refractivity contribution >= 4 is 17.6 Å². The van der Waals surface area contributed by atoms with Crippen molar-refractivity contribution in [2.45, 2.75) is 24.3 Å². The average molecular weight is 222 g/mol. The molecule has 15 heavy (non-hydrogen) atoms. The molecule has 4 nitrogen and oxygen atoms in total. The van der Waals surface area contributed by atoms with Gasteiger partial charge in [0.2, 0.25) is 0 Å². The van der Waals surface area contributed by atoms with Gasteiger partial charge in [0.15, 0.2) is 0 Å². The molecule has 1 fully saturated rings. The summed E-state index contributed by atoms with van der Waals surface area (Å²) in [6.07, 6.45) is 8.23. The fraction of sp³-hybridized carbons (Fsp3) is 0.500. The smallest absolute Gasteiger partial charge is 0.114 e. The summed E-state index contributed by atoms with van der Waals surface area (Å²) in [5, 5.41) is 8.26. The summed E-state index contributed by atoms with van der Waals surface area (Å²) < 4.78 is 0. The lowest BCUT2D eigenvalue weighted by Gasteiger charge is -2.12. The van der Waals surface area contributed by atoms with Gasteiger partial charge < -0.3 is 5.73 Å². The summed E-state index contributed by atoms with van der Waals surface area (Å²) in [4.78, 5) is 8.22. The Hall–Kier alpha value is -1.10. The molecule has 1 saturated carbocycles. The predicted molar refractivity (Wildman–Crippen MR) is 61.0 cm³/mol. The number of nitrogens with zero attached hydrogens (tertiary/aromatic N) is 2. The first-order chi connectivity index (χ1) is 7.20. The minimum absolute atomic E-state index is 0.272. The Bertz CT molecular complexity index is 348. The Balaban J connectivity index is 1.86. The minimum Gasteiger partial charge on any atom is -0.388 e. The molecule has 0 unspecified atom stereocenters. The van der Waals surface area contributed by atoms with E-state index in [2.05, 4.69) is 9.97 Å². The molecule has 0 amide bonds. The second kappa shape index (κ2) is 4.18. The number of aromatic nitrogens is 2. The largest absolute Gasteiger partial charge is 0.388 e. The summed E-state index contributed by atoms with van der Waals surface area (Å²) in [6.45, 7) is 0. The molecule has 5 heteroatoms. The third kappa shape index (κ3) is 2.92. The Labute approximate surface area is 93.2 Å². The quantitative estimate of drug-likeness (QED) is 0.451. The Morgan fingerprint density at radius 1 is 1.53 bits per heavy atom. The average Bonchev–Trinajstić information content (AvgIpc) is 2.96. The summed E-state index contributed by atoms with van der Waals surface area (Å²) in [5.74, 6) is 1.29. The molecule has 0 bridgehead atoms. The van der Waals surface area contributed by atoms with Crippen molar-refractivity contribution in [3.63, 3.8) is 0 Å². The predicted octanol–water partition coefficient (Wildman–Crippen LogP) is 1.67. The minimum atomic E-state index is 0.272. The number of nitrogens with one attached hydrogen (secondary N) is 1. The van der Waals surface area contributed by atoms with Gasteiger partial charge in [0.05, 0.1) is 12.0 Å². The van der Waals surface area contributed by atoms with E-state index in [1.54, 1.807) is 30.4 Å². The van der Waals surface area contributed by atoms with Crippen LogP contribution >= 0.6 is 11.8 Å². The second-order valence-corrected chi connectivity index (χ2v) is 5.03. The van der Waals surface area contributed by atoms with Gasteiger partial charge in [-0.1, -0.05) is 0 Å². The summed E-state index contributed by atoms with van der Waals surface area (Å²) in [5.41, 5.74) is 5.71. The van der Waals surface area contributed by atoms with Crippen LogP contribution in [0.25, 0.3) is 0 Å². The maximum Gasteiger partial charge on any atom is 0.114 e. The van der Waals surface area contributed by atoms with E-state index in [0.29, 0.717) is 5.84 Å². The van der Waals surface area contributed by atoms with Crippen LogP contribution in [-0.4, -0.2) is 21.6 Å². The molecule has 0 atom stereocenters. The van der Waals surface area contributed by atoms with Crippen LogP contribution in [0.2, 0.25) is 0 Å². The Kier molecular flexibility index (Phi) is 2.90. The lowest BCUT2D eigenvalue weighted by Crippen LogP contribution is -2.18. The molecule has 1 heterocycles. The number of hydrogen-bond acceptors (Lipinski definition) is 4. The van der Waals surface area contributed by atoms with Crippen molar-refractivity contribution < 1.29 is 0 Å². The Morgan fingerprint density at radius 2 is 2.33 bits per heavy atom. The molecule has 80 valence electrons. The van der Waals surface area contributed by atoms with Crippen molar-refractivity contribution in [2.75, 3.05) is 5.75 Å². The van der Waals surface area contributed by atoms with Gasteiger partial charge in [0, 0.05) is 24.6 Å². The van der Waals surface area contributed by atoms with E-state index in [0.717, 1.165) is 17.2 Å². The summed E-state index contributed by atoms with van der Waals surface area (Å²) in [6, 6.07) is 0. The van der Waals surface area contributed by atoms with E-state index in [4.69, 9.17) is 11.1 Å². The van der Waals surface area contributed by atoms with Crippen LogP contribution in [0.3, 0.4) is 0 Å². The number of thioether (sulfide) groups is 1. The molecule has 0 aromatic carbocycles. The van der Waals surface area contributed by atoms with Crippen LogP contribution in [-0.2, 0) is 0 Å². The van der Waals surface area contributed by atoms with E-state index in [-0.39, 0.29) is 5.41 Å². The zero-order valence-electron chi connectivity index (χ0n) is 8.44. The number of nitrogens with two attached hydrogens (primary N) is 1. The third-order valence-corrected chi connectivity index (χ3v) is 3.85. The molecule has 0 aliphatic heterocycles. The highest BCUT2D eigenvalue weighted by atomic mass is 32.2. The molecule has 0 saturated heterocycles. The molecular weight excluding hydrogens is 208 g/mol. The SMILES string of the molecule is N=C(N)CC1(CSc2cnccn2)CC1. The molecule has 0 spiro atoms. The maximum atomic E-state index is 7.31. The van der Waals surface area contributed by atoms with Gasteiger partial charge in [0.25, 0.3) is 0 Å². The van der Waals surface area contributed by atoms with Crippen LogP contribution in [0.4, 0.5) is 0 Å². The van der Waals surface area contributed by atoms with Crippen LogP contribution in [0.15, 0.2) is 23.6 Å². The van der Waals surface area contributed by atoms with Crippen LogP contribution < -0.4 is 5.73 Å². The standard InChI is InChI=1S/C10H14N4S/c11-8(12)5-10(1-2-10)7-15-9-6-13-3-4-14-9/h3-4,6H,1-2,5,7H2,(H3,11,12). The van der Waals surface area contributed by atoms with Crippen molar-refractivity contribution in [2.24, 2.45) is 11.1 Å². The second-order valence-electron chi connectivity index (χ2n) is 4.03. The van der Waals surface area contributed by atoms with E-state index in [1.807, 2.05) is 0 Å². The fourth-order valence-electron chi connectivity index (χ4n) is 1.54. The van der Waals surface area contributed by atoms with Gasteiger partial charge >= 0.3 is 0 Å². The van der Waals surface area contributed by atoms with Crippen molar-refractivity contribution in [3.05, 3.63) is 18.6 Å². The number of rotatable bonds is 5. The van der Waals surface area contributed by atoms with Gasteiger partial charge in [-0.15, -0.1) is 11.8 Å². The zero-order valence-corrected chi connectivity index (χ0v) is 9.26. The first kappa shape index (κ1) is 10.4. The van der Waals surface area contributed by atoms with Crippen LogP contribution in [0, 0.1) is 10.8 Å². The lowest BCUT2D eigenvalue weighted by molar-refractivity contribution is 0.611. The molecule has 1 aromatic rings. The van der Waals surface area contributed by atoms with E-state index in [1.165, 1.54) is 12.8 Å². The number of hydrogen-bond donors (Lipinski definition) is 2. The van der Waals surface area contributed by atoms with Crippen molar-refractivity contribution in [1.82, 2.24) is 9.97 Å². The third-order valence-electron chi connectivity index (χ3n) is 2.59. The van der Waals surface area contributed by atoms with E-state index < -0.39 is 0 Å². The molecule has 3 N–H and O–H groups in total. The van der Waals surface area contributed by atoms with Crippen molar-refractivity contribution in [1.29, 1.82) is 5.41 Å². The highest BCUT2D eigenvalue weighted by Crippen LogP contribution is 2.51. The summed E-state index contributed by atoms with van der Waals surface area (Å²) >= 11 is 1.71. The summed E-state index contributed by atoms with van der Waals surface area (Å²) in [7, 11) is 0. The molecular formula is C10H14N4S. The van der Waals surface area contributed by atoms with Crippen molar-refractivity contribution in [3.8, 4) is 0 Å². The van der Waals surface area contributed by atoms with Gasteiger partial charge in [-0.05, 0) is 18.3 Å². The fourth-order valence-corrected chi connectivity index (χ4v) is 2.66. The maximum absolute atomic E-state index is 7.31. The van der Waals surface area contributed by atoms with Gasteiger partial charge in [-0.3, -0.25) is 10.4 Å². The highest BCUT2D eigenvalue weighted by Gasteiger charge is 2.42. The molecule has 1 aromatic heterocycles. The molecule has 1 aliphatic carbocycles. The first-order valence-electron chi connectivity index (χ1n) is 4.92. The van der Waals surface area contributed by atoms with Gasteiger partial charge in [-0.25, -0.2) is 4.98 Å². The molecule has 1 aliphatic rings. The van der Waals surface area contributed by atoms with E-state index >= 15 is 0 Å². The van der Waals surface area contributed by atoms with Gasteiger partial charge in [0.1, 0.15) is 5.03 Å². The van der Waals surface area contributed by atoms with E-state index in [9.17, 15) is 0 Å². The number of amidine groups is 1. The van der Waals surface area contributed by atoms with Crippen LogP contribution in [0.5, 0.6) is 0 Å². The topological polar surface area (TPSA) is 75.7 Å². The zero-order chi connectivity index (χ0) is 10.7. The molecule has 2 rings (SSSR count). The first-order valence-corrected chi connectivity index (χ1v) is 5.91. The molecule has 0 radical (unpaired) electrons. The highest BCUT2D eigenvalue weighted by molar-refractivity contribution is 7.99.